The van der Waals surface area contributed by atoms with Crippen molar-refractivity contribution >= 4 is 92.3 Å². The summed E-state index contributed by atoms with van der Waals surface area (Å²) in [5, 5.41) is 7.16. The van der Waals surface area contributed by atoms with E-state index in [-0.39, 0.29) is 0 Å². The number of thiophene rings is 1. The molecule has 0 aliphatic heterocycles. The number of rotatable bonds is 6. The molecule has 0 fully saturated rings. The molecule has 4 heteroatoms. The van der Waals surface area contributed by atoms with E-state index in [2.05, 4.69) is 210 Å². The maximum atomic E-state index is 6.82. The van der Waals surface area contributed by atoms with E-state index in [0.29, 0.717) is 0 Å². The predicted molar refractivity (Wildman–Crippen MR) is 247 cm³/mol. The SMILES string of the molecule is c1ccc(-c2cc(N(c3cccc4c3oc3ccccc34)c3cccc4c3c3ccccc3n4-c3ccccc3)ccc2-c2cccc3c2sc2ccccc23)cc1. The summed E-state index contributed by atoms with van der Waals surface area (Å²) in [6.07, 6.45) is 0. The number of benzene rings is 9. The van der Waals surface area contributed by atoms with E-state index in [1.165, 1.54) is 53.2 Å². The molecule has 0 unspecified atom stereocenters. The second-order valence-corrected chi connectivity index (χ2v) is 15.9. The number of fused-ring (bicyclic) bond motifs is 9. The third-order valence-corrected chi connectivity index (χ3v) is 12.8. The number of nitrogens with zero attached hydrogens (tertiary/aromatic N) is 2. The molecule has 9 aromatic carbocycles. The monoisotopic (exact) mass is 758 g/mol. The minimum Gasteiger partial charge on any atom is -0.454 e. The van der Waals surface area contributed by atoms with E-state index in [9.17, 15) is 0 Å². The van der Waals surface area contributed by atoms with Gasteiger partial charge in [-0.1, -0.05) is 146 Å². The Morgan fingerprint density at radius 1 is 0.431 bits per heavy atom. The highest BCUT2D eigenvalue weighted by Gasteiger charge is 2.25. The van der Waals surface area contributed by atoms with E-state index in [0.717, 1.165) is 55.7 Å². The van der Waals surface area contributed by atoms with Crippen LogP contribution >= 0.6 is 11.3 Å². The first-order valence-corrected chi connectivity index (χ1v) is 20.5. The van der Waals surface area contributed by atoms with Gasteiger partial charge in [-0.25, -0.2) is 0 Å². The molecule has 0 saturated carbocycles. The van der Waals surface area contributed by atoms with Crippen molar-refractivity contribution in [2.75, 3.05) is 4.90 Å². The summed E-state index contributed by atoms with van der Waals surface area (Å²) in [5.41, 5.74) is 13.0. The minimum atomic E-state index is 0.855. The van der Waals surface area contributed by atoms with Gasteiger partial charge in [-0.05, 0) is 77.4 Å². The first kappa shape index (κ1) is 32.8. The lowest BCUT2D eigenvalue weighted by Gasteiger charge is -2.28. The first-order chi connectivity index (χ1) is 28.8. The van der Waals surface area contributed by atoms with Gasteiger partial charge in [0, 0.05) is 58.7 Å². The molecule has 0 atom stereocenters. The Morgan fingerprint density at radius 3 is 1.97 bits per heavy atom. The summed E-state index contributed by atoms with van der Waals surface area (Å²) in [6.45, 7) is 0. The van der Waals surface area contributed by atoms with E-state index in [1.54, 1.807) is 0 Å². The zero-order valence-corrected chi connectivity index (χ0v) is 32.2. The Morgan fingerprint density at radius 2 is 1.09 bits per heavy atom. The molecule has 0 aliphatic carbocycles. The molecule has 3 heterocycles. The molecule has 0 saturated heterocycles. The lowest BCUT2D eigenvalue weighted by atomic mass is 9.92. The maximum absolute atomic E-state index is 6.82. The third kappa shape index (κ3) is 4.99. The highest BCUT2D eigenvalue weighted by molar-refractivity contribution is 7.26. The quantitative estimate of drug-likeness (QED) is 0.168. The summed E-state index contributed by atoms with van der Waals surface area (Å²) < 4.78 is 11.8. The Labute approximate surface area is 338 Å². The van der Waals surface area contributed by atoms with Crippen LogP contribution in [0.2, 0.25) is 0 Å². The minimum absolute atomic E-state index is 0.855. The Kier molecular flexibility index (Phi) is 7.40. The summed E-state index contributed by atoms with van der Waals surface area (Å²) in [7, 11) is 0. The second kappa shape index (κ2) is 13.1. The molecular formula is C54H34N2OS. The number of furan rings is 1. The van der Waals surface area contributed by atoms with Crippen molar-refractivity contribution in [3.63, 3.8) is 0 Å². The van der Waals surface area contributed by atoms with Gasteiger partial charge >= 0.3 is 0 Å². The zero-order chi connectivity index (χ0) is 38.2. The highest BCUT2D eigenvalue weighted by Crippen LogP contribution is 2.49. The largest absolute Gasteiger partial charge is 0.454 e. The Bertz CT molecular complexity index is 3520. The van der Waals surface area contributed by atoms with E-state index < -0.39 is 0 Å². The van der Waals surface area contributed by atoms with Crippen LogP contribution in [0.15, 0.2) is 211 Å². The summed E-state index contributed by atoms with van der Waals surface area (Å²) in [4.78, 5) is 2.42. The number of anilines is 3. The van der Waals surface area contributed by atoms with Crippen molar-refractivity contribution in [1.82, 2.24) is 4.57 Å². The van der Waals surface area contributed by atoms with Gasteiger partial charge in [0.15, 0.2) is 5.58 Å². The molecule has 3 nitrogen and oxygen atoms in total. The smallest absolute Gasteiger partial charge is 0.159 e. The van der Waals surface area contributed by atoms with Crippen LogP contribution in [0.1, 0.15) is 0 Å². The first-order valence-electron chi connectivity index (χ1n) is 19.7. The molecule has 272 valence electrons. The average Bonchev–Trinajstić information content (AvgIpc) is 3.98. The van der Waals surface area contributed by atoms with Gasteiger partial charge in [-0.3, -0.25) is 0 Å². The van der Waals surface area contributed by atoms with Crippen molar-refractivity contribution in [2.45, 2.75) is 0 Å². The average molecular weight is 759 g/mol. The van der Waals surface area contributed by atoms with Crippen LogP contribution < -0.4 is 4.90 Å². The van der Waals surface area contributed by atoms with E-state index in [1.807, 2.05) is 17.4 Å². The molecule has 0 radical (unpaired) electrons. The van der Waals surface area contributed by atoms with Crippen LogP contribution in [0.5, 0.6) is 0 Å². The maximum Gasteiger partial charge on any atom is 0.159 e. The van der Waals surface area contributed by atoms with Crippen molar-refractivity contribution in [2.24, 2.45) is 0 Å². The third-order valence-electron chi connectivity index (χ3n) is 11.6. The lowest BCUT2D eigenvalue weighted by Crippen LogP contribution is -2.11. The van der Waals surface area contributed by atoms with Crippen molar-refractivity contribution < 1.29 is 4.42 Å². The molecule has 12 aromatic rings. The molecule has 3 aromatic heterocycles. The Hall–Kier alpha value is -7.40. The fourth-order valence-electron chi connectivity index (χ4n) is 9.08. The molecule has 12 rings (SSSR count). The van der Waals surface area contributed by atoms with Gasteiger partial charge in [0.25, 0.3) is 0 Å². The van der Waals surface area contributed by atoms with Gasteiger partial charge in [-0.15, -0.1) is 11.3 Å². The molecule has 58 heavy (non-hydrogen) atoms. The molecule has 0 N–H and O–H groups in total. The van der Waals surface area contributed by atoms with Gasteiger partial charge in [0.2, 0.25) is 0 Å². The van der Waals surface area contributed by atoms with E-state index in [4.69, 9.17) is 4.42 Å². The van der Waals surface area contributed by atoms with Gasteiger partial charge < -0.3 is 13.9 Å². The fraction of sp³-hybridized carbons (Fsp3) is 0. The van der Waals surface area contributed by atoms with Crippen LogP contribution in [0, 0.1) is 0 Å². The summed E-state index contributed by atoms with van der Waals surface area (Å²) in [6, 6.07) is 74.4. The number of hydrogen-bond donors (Lipinski definition) is 0. The van der Waals surface area contributed by atoms with Crippen LogP contribution in [0.4, 0.5) is 17.1 Å². The summed E-state index contributed by atoms with van der Waals surface area (Å²) in [5.74, 6) is 0. The molecular weight excluding hydrogens is 725 g/mol. The van der Waals surface area contributed by atoms with Crippen LogP contribution in [-0.4, -0.2) is 4.57 Å². The number of para-hydroxylation sites is 4. The normalized spacial score (nSPS) is 11.8. The van der Waals surface area contributed by atoms with E-state index >= 15 is 0 Å². The van der Waals surface area contributed by atoms with Crippen molar-refractivity contribution in [3.05, 3.63) is 206 Å². The van der Waals surface area contributed by atoms with Crippen LogP contribution in [0.3, 0.4) is 0 Å². The fourth-order valence-corrected chi connectivity index (χ4v) is 10.3. The number of hydrogen-bond acceptors (Lipinski definition) is 3. The Balaban J connectivity index is 1.18. The topological polar surface area (TPSA) is 21.3 Å². The van der Waals surface area contributed by atoms with Gasteiger partial charge in [0.1, 0.15) is 5.58 Å². The number of aromatic nitrogens is 1. The molecule has 0 bridgehead atoms. The molecule has 0 spiro atoms. The van der Waals surface area contributed by atoms with Gasteiger partial charge in [0.05, 0.1) is 22.4 Å². The zero-order valence-electron chi connectivity index (χ0n) is 31.3. The second-order valence-electron chi connectivity index (χ2n) is 14.8. The molecule has 0 aliphatic rings. The van der Waals surface area contributed by atoms with Gasteiger partial charge in [-0.2, -0.15) is 0 Å². The van der Waals surface area contributed by atoms with Crippen molar-refractivity contribution in [1.29, 1.82) is 0 Å². The van der Waals surface area contributed by atoms with Crippen LogP contribution in [-0.2, 0) is 0 Å². The molecule has 0 amide bonds. The predicted octanol–water partition coefficient (Wildman–Crippen LogP) is 15.9. The summed E-state index contributed by atoms with van der Waals surface area (Å²) >= 11 is 1.87. The van der Waals surface area contributed by atoms with Crippen molar-refractivity contribution in [3.8, 4) is 27.9 Å². The standard InChI is InChI=1S/C54H34N2OS/c1-3-16-35(17-4-1)45-34-37(32-33-38(45)42-24-13-25-43-40-21-9-12-31-51(40)58-54(42)43)56(49-29-14-23-41-39-20-8-11-30-50(39)57-53(41)49)48-28-15-27-47-52(48)44-22-7-10-26-46(44)55(47)36-18-5-2-6-19-36/h1-34H. The lowest BCUT2D eigenvalue weighted by molar-refractivity contribution is 0.669. The highest BCUT2D eigenvalue weighted by atomic mass is 32.1. The van der Waals surface area contributed by atoms with Crippen LogP contribution in [0.25, 0.3) is 91.9 Å².